The highest BCUT2D eigenvalue weighted by molar-refractivity contribution is 5.94. The molecule has 0 saturated carbocycles. The van der Waals surface area contributed by atoms with Crippen LogP contribution in [0.1, 0.15) is 12.0 Å². The lowest BCUT2D eigenvalue weighted by molar-refractivity contribution is -0.384. The van der Waals surface area contributed by atoms with Gasteiger partial charge in [-0.1, -0.05) is 0 Å². The van der Waals surface area contributed by atoms with Crippen LogP contribution in [0.15, 0.2) is 18.2 Å². The zero-order chi connectivity index (χ0) is 17.0. The van der Waals surface area contributed by atoms with Crippen molar-refractivity contribution in [3.63, 3.8) is 0 Å². The van der Waals surface area contributed by atoms with E-state index in [2.05, 4.69) is 9.64 Å². The van der Waals surface area contributed by atoms with Gasteiger partial charge in [0.05, 0.1) is 12.0 Å². The monoisotopic (exact) mass is 321 g/mol. The number of nitro groups is 1. The number of hydrogen-bond donors (Lipinski definition) is 0. The number of rotatable bonds is 4. The van der Waals surface area contributed by atoms with Crippen LogP contribution in [0.5, 0.6) is 0 Å². The molecular formula is C15H19N3O5. The van der Waals surface area contributed by atoms with Crippen molar-refractivity contribution >= 4 is 23.3 Å². The van der Waals surface area contributed by atoms with E-state index in [4.69, 9.17) is 0 Å². The number of ether oxygens (including phenoxy) is 1. The molecule has 0 aromatic heterocycles. The third-order valence-corrected chi connectivity index (χ3v) is 3.89. The van der Waals surface area contributed by atoms with Gasteiger partial charge in [0.15, 0.2) is 0 Å². The molecular weight excluding hydrogens is 302 g/mol. The molecule has 0 N–H and O–H groups in total. The zero-order valence-corrected chi connectivity index (χ0v) is 13.2. The number of esters is 1. The molecule has 1 aromatic rings. The van der Waals surface area contributed by atoms with E-state index in [-0.39, 0.29) is 18.0 Å². The standard InChI is InChI=1S/C15H19N3O5/c1-11-9-12(18(21)22)3-4-13(11)16-5-7-17(8-6-16)14(19)10-15(20)23-2/h3-4,9H,5-8,10H2,1-2H3. The van der Waals surface area contributed by atoms with Crippen molar-refractivity contribution in [3.8, 4) is 0 Å². The number of benzene rings is 1. The van der Waals surface area contributed by atoms with Gasteiger partial charge in [0.25, 0.3) is 5.69 Å². The Morgan fingerprint density at radius 1 is 1.26 bits per heavy atom. The summed E-state index contributed by atoms with van der Waals surface area (Å²) in [6, 6.07) is 4.76. The van der Waals surface area contributed by atoms with Crippen LogP contribution in [0.25, 0.3) is 0 Å². The van der Waals surface area contributed by atoms with E-state index in [9.17, 15) is 19.7 Å². The second kappa shape index (κ2) is 7.08. The average molecular weight is 321 g/mol. The highest BCUT2D eigenvalue weighted by Gasteiger charge is 2.24. The molecule has 124 valence electrons. The van der Waals surface area contributed by atoms with E-state index >= 15 is 0 Å². The quantitative estimate of drug-likeness (QED) is 0.357. The summed E-state index contributed by atoms with van der Waals surface area (Å²) in [4.78, 5) is 37.2. The Morgan fingerprint density at radius 3 is 2.43 bits per heavy atom. The van der Waals surface area contributed by atoms with Crippen molar-refractivity contribution in [2.24, 2.45) is 0 Å². The maximum absolute atomic E-state index is 11.9. The molecule has 8 nitrogen and oxygen atoms in total. The molecule has 1 aliphatic heterocycles. The first-order chi connectivity index (χ1) is 10.9. The van der Waals surface area contributed by atoms with E-state index in [1.54, 1.807) is 17.0 Å². The van der Waals surface area contributed by atoms with E-state index in [0.29, 0.717) is 26.2 Å². The van der Waals surface area contributed by atoms with Gasteiger partial charge in [0.1, 0.15) is 6.42 Å². The lowest BCUT2D eigenvalue weighted by Gasteiger charge is -2.36. The number of carbonyl (C=O) groups is 2. The number of nitrogens with zero attached hydrogens (tertiary/aromatic N) is 3. The summed E-state index contributed by atoms with van der Waals surface area (Å²) in [5, 5.41) is 10.8. The van der Waals surface area contributed by atoms with Crippen molar-refractivity contribution in [2.75, 3.05) is 38.2 Å². The smallest absolute Gasteiger partial charge is 0.315 e. The number of piperazine rings is 1. The molecule has 1 amide bonds. The van der Waals surface area contributed by atoms with Gasteiger partial charge >= 0.3 is 5.97 Å². The van der Waals surface area contributed by atoms with Crippen LogP contribution in [0.4, 0.5) is 11.4 Å². The van der Waals surface area contributed by atoms with Gasteiger partial charge in [-0.2, -0.15) is 0 Å². The average Bonchev–Trinajstić information content (AvgIpc) is 2.54. The maximum atomic E-state index is 11.9. The minimum Gasteiger partial charge on any atom is -0.469 e. The highest BCUT2D eigenvalue weighted by atomic mass is 16.6. The number of amides is 1. The predicted molar refractivity (Wildman–Crippen MR) is 83.3 cm³/mol. The first kappa shape index (κ1) is 16.7. The fourth-order valence-corrected chi connectivity index (χ4v) is 2.61. The van der Waals surface area contributed by atoms with Crippen molar-refractivity contribution in [1.29, 1.82) is 0 Å². The van der Waals surface area contributed by atoms with Crippen molar-refractivity contribution < 1.29 is 19.2 Å². The normalized spacial score (nSPS) is 14.5. The van der Waals surface area contributed by atoms with Crippen molar-refractivity contribution in [3.05, 3.63) is 33.9 Å². The number of carbonyl (C=O) groups excluding carboxylic acids is 2. The summed E-state index contributed by atoms with van der Waals surface area (Å²) in [6.45, 7) is 4.08. The Labute approximate surface area is 133 Å². The molecule has 1 aromatic carbocycles. The van der Waals surface area contributed by atoms with Gasteiger partial charge in [-0.05, 0) is 18.6 Å². The summed E-state index contributed by atoms with van der Waals surface area (Å²) < 4.78 is 4.50. The van der Waals surface area contributed by atoms with Crippen molar-refractivity contribution in [2.45, 2.75) is 13.3 Å². The number of aryl methyl sites for hydroxylation is 1. The topological polar surface area (TPSA) is 93.0 Å². The first-order valence-electron chi connectivity index (χ1n) is 7.27. The molecule has 1 heterocycles. The Hall–Kier alpha value is -2.64. The third kappa shape index (κ3) is 3.97. The summed E-state index contributed by atoms with van der Waals surface area (Å²) >= 11 is 0. The van der Waals surface area contributed by atoms with Gasteiger partial charge in [0, 0.05) is 44.0 Å². The van der Waals surface area contributed by atoms with Crippen LogP contribution in [0.2, 0.25) is 0 Å². The van der Waals surface area contributed by atoms with Gasteiger partial charge in [-0.25, -0.2) is 0 Å². The second-order valence-electron chi connectivity index (χ2n) is 5.35. The number of hydrogen-bond acceptors (Lipinski definition) is 6. The van der Waals surface area contributed by atoms with Crippen LogP contribution in [-0.2, 0) is 14.3 Å². The fourth-order valence-electron chi connectivity index (χ4n) is 2.61. The molecule has 0 atom stereocenters. The first-order valence-corrected chi connectivity index (χ1v) is 7.27. The lowest BCUT2D eigenvalue weighted by atomic mass is 10.1. The summed E-state index contributed by atoms with van der Waals surface area (Å²) in [7, 11) is 1.25. The Kier molecular flexibility index (Phi) is 5.15. The largest absolute Gasteiger partial charge is 0.469 e. The van der Waals surface area contributed by atoms with Crippen LogP contribution < -0.4 is 4.90 Å². The van der Waals surface area contributed by atoms with E-state index in [1.165, 1.54) is 13.2 Å². The minimum absolute atomic E-state index is 0.0677. The number of non-ortho nitro benzene ring substituents is 1. The fraction of sp³-hybridized carbons (Fsp3) is 0.467. The SMILES string of the molecule is COC(=O)CC(=O)N1CCN(c2ccc([N+](=O)[O-])cc2C)CC1. The molecule has 1 aliphatic rings. The molecule has 8 heteroatoms. The molecule has 2 rings (SSSR count). The van der Waals surface area contributed by atoms with Gasteiger partial charge in [-0.3, -0.25) is 19.7 Å². The van der Waals surface area contributed by atoms with Crippen molar-refractivity contribution in [1.82, 2.24) is 4.90 Å². The molecule has 0 bridgehead atoms. The minimum atomic E-state index is -0.538. The highest BCUT2D eigenvalue weighted by Crippen LogP contribution is 2.25. The van der Waals surface area contributed by atoms with E-state index in [1.807, 2.05) is 6.92 Å². The molecule has 1 saturated heterocycles. The Morgan fingerprint density at radius 2 is 1.91 bits per heavy atom. The molecule has 23 heavy (non-hydrogen) atoms. The third-order valence-electron chi connectivity index (χ3n) is 3.89. The molecule has 0 radical (unpaired) electrons. The van der Waals surface area contributed by atoms with Gasteiger partial charge < -0.3 is 14.5 Å². The maximum Gasteiger partial charge on any atom is 0.315 e. The van der Waals surface area contributed by atoms with Crippen LogP contribution in [0, 0.1) is 17.0 Å². The molecule has 0 unspecified atom stereocenters. The number of nitro benzene ring substituents is 1. The Bertz CT molecular complexity index is 624. The predicted octanol–water partition coefficient (Wildman–Crippen LogP) is 1.11. The van der Waals surface area contributed by atoms with Crippen LogP contribution >= 0.6 is 0 Å². The summed E-state index contributed by atoms with van der Waals surface area (Å²) in [5.41, 5.74) is 1.82. The Balaban J connectivity index is 1.98. The number of anilines is 1. The van der Waals surface area contributed by atoms with E-state index in [0.717, 1.165) is 11.3 Å². The van der Waals surface area contributed by atoms with Crippen LogP contribution in [-0.4, -0.2) is 55.0 Å². The van der Waals surface area contributed by atoms with Gasteiger partial charge in [0.2, 0.25) is 5.91 Å². The number of methoxy groups -OCH3 is 1. The van der Waals surface area contributed by atoms with Gasteiger partial charge in [-0.15, -0.1) is 0 Å². The second-order valence-corrected chi connectivity index (χ2v) is 5.35. The molecule has 0 spiro atoms. The summed E-state index contributed by atoms with van der Waals surface area (Å²) in [5.74, 6) is -0.777. The molecule has 1 fully saturated rings. The zero-order valence-electron chi connectivity index (χ0n) is 13.2. The van der Waals surface area contributed by atoms with Crippen LogP contribution in [0.3, 0.4) is 0 Å². The lowest BCUT2D eigenvalue weighted by Crippen LogP contribution is -2.49. The molecule has 0 aliphatic carbocycles. The van der Waals surface area contributed by atoms with E-state index < -0.39 is 10.9 Å². The summed E-state index contributed by atoms with van der Waals surface area (Å²) in [6.07, 6.45) is -0.243.